The van der Waals surface area contributed by atoms with Crippen LogP contribution in [0.1, 0.15) is 94.6 Å². The average molecular weight is 675 g/mol. The van der Waals surface area contributed by atoms with Crippen LogP contribution in [0.25, 0.3) is 0 Å². The molecular weight excluding hydrogens is 624 g/mol. The lowest BCUT2D eigenvalue weighted by atomic mass is 9.67. The van der Waals surface area contributed by atoms with Gasteiger partial charge in [0.2, 0.25) is 0 Å². The smallest absolute Gasteiger partial charge is 0.263 e. The summed E-state index contributed by atoms with van der Waals surface area (Å²) in [6, 6.07) is 11.7. The Kier molecular flexibility index (Phi) is 13.2. The Balaban J connectivity index is 1.68. The Morgan fingerprint density at radius 2 is 1.87 bits per heavy atom. The van der Waals surface area contributed by atoms with Gasteiger partial charge in [-0.25, -0.2) is 4.21 Å². The van der Waals surface area contributed by atoms with Gasteiger partial charge in [-0.2, -0.15) is 0 Å². The Labute approximate surface area is 280 Å². The summed E-state index contributed by atoms with van der Waals surface area (Å²) in [6.45, 7) is 14.1. The van der Waals surface area contributed by atoms with Gasteiger partial charge in [-0.15, -0.1) is 0 Å². The number of carbonyl (C=O) groups is 1. The van der Waals surface area contributed by atoms with Crippen molar-refractivity contribution in [3.63, 3.8) is 0 Å². The summed E-state index contributed by atoms with van der Waals surface area (Å²) in [5, 5.41) is 0.707. The number of amides is 1. The standard InChI is InChI=1S/C36H51ClN2O4S2/c1-7-9-11-29(23-44(41)24(3)4)33-15-12-28(33)20-39-21-30(32-16-14-31(37)18-26(32)10-8-2)22-43-35-17-13-27(19-34(35)39)36(40)38-45(42)25(5)6/h9,11,13-14,16-19,24-25,28-30,33H,7-8,10,12,15,20-23H2,1-6H3,(H,38,40)/b11-9+. The van der Waals surface area contributed by atoms with Gasteiger partial charge >= 0.3 is 0 Å². The van der Waals surface area contributed by atoms with Gasteiger partial charge in [0.1, 0.15) is 16.7 Å². The van der Waals surface area contributed by atoms with Crippen LogP contribution in [-0.4, -0.2) is 50.3 Å². The van der Waals surface area contributed by atoms with Crippen molar-refractivity contribution < 1.29 is 17.9 Å². The maximum atomic E-state index is 13.1. The van der Waals surface area contributed by atoms with Crippen molar-refractivity contribution in [2.45, 2.75) is 90.1 Å². The lowest BCUT2D eigenvalue weighted by Crippen LogP contribution is -2.43. The zero-order valence-corrected chi connectivity index (χ0v) is 30.1. The predicted octanol–water partition coefficient (Wildman–Crippen LogP) is 7.84. The molecule has 4 rings (SSSR count). The summed E-state index contributed by atoms with van der Waals surface area (Å²) in [7, 11) is -2.34. The quantitative estimate of drug-likeness (QED) is 0.207. The molecule has 6 nitrogen and oxygen atoms in total. The van der Waals surface area contributed by atoms with E-state index in [0.717, 1.165) is 61.7 Å². The van der Waals surface area contributed by atoms with E-state index in [0.29, 0.717) is 29.8 Å². The molecule has 0 saturated heterocycles. The summed E-state index contributed by atoms with van der Waals surface area (Å²) >= 11 is 6.43. The van der Waals surface area contributed by atoms with Gasteiger partial charge in [-0.05, 0) is 98.7 Å². The first kappa shape index (κ1) is 35.7. The van der Waals surface area contributed by atoms with E-state index in [1.165, 1.54) is 11.1 Å². The third-order valence-corrected chi connectivity index (χ3v) is 12.4. The molecule has 6 atom stereocenters. The summed E-state index contributed by atoms with van der Waals surface area (Å²) in [5.41, 5.74) is 3.87. The van der Waals surface area contributed by atoms with E-state index >= 15 is 0 Å². The Hall–Kier alpha value is -2.16. The van der Waals surface area contributed by atoms with Crippen LogP contribution in [-0.2, 0) is 28.2 Å². The van der Waals surface area contributed by atoms with Crippen LogP contribution < -0.4 is 14.4 Å². The molecular formula is C36H51ClN2O4S2. The Morgan fingerprint density at radius 1 is 1.09 bits per heavy atom. The topological polar surface area (TPSA) is 75.7 Å². The van der Waals surface area contributed by atoms with Crippen molar-refractivity contribution in [2.75, 3.05) is 30.3 Å². The third-order valence-electron chi connectivity index (χ3n) is 9.11. The average Bonchev–Trinajstić information content (AvgIpc) is 3.17. The molecule has 2 aliphatic rings. The van der Waals surface area contributed by atoms with Crippen molar-refractivity contribution in [1.29, 1.82) is 0 Å². The van der Waals surface area contributed by atoms with Crippen molar-refractivity contribution in [1.82, 2.24) is 4.72 Å². The third kappa shape index (κ3) is 9.23. The number of ether oxygens (including phenoxy) is 1. The normalized spacial score (nSPS) is 22.0. The van der Waals surface area contributed by atoms with E-state index in [1.54, 1.807) is 6.07 Å². The van der Waals surface area contributed by atoms with Crippen LogP contribution >= 0.6 is 11.6 Å². The first-order valence-electron chi connectivity index (χ1n) is 16.6. The molecule has 1 aliphatic heterocycles. The molecule has 9 heteroatoms. The molecule has 248 valence electrons. The summed E-state index contributed by atoms with van der Waals surface area (Å²) < 4.78 is 34.5. The van der Waals surface area contributed by atoms with Crippen LogP contribution in [0.3, 0.4) is 0 Å². The summed E-state index contributed by atoms with van der Waals surface area (Å²) in [6.07, 6.45) is 9.71. The molecule has 0 radical (unpaired) electrons. The second kappa shape index (κ2) is 16.6. The van der Waals surface area contributed by atoms with E-state index in [9.17, 15) is 13.2 Å². The first-order valence-corrected chi connectivity index (χ1v) is 19.5. The van der Waals surface area contributed by atoms with E-state index in [-0.39, 0.29) is 28.2 Å². The fourth-order valence-electron chi connectivity index (χ4n) is 6.41. The number of allylic oxidation sites excluding steroid dienone is 2. The minimum absolute atomic E-state index is 0.115. The number of fused-ring (bicyclic) bond motifs is 1. The highest BCUT2D eigenvalue weighted by Crippen LogP contribution is 2.44. The second-order valence-electron chi connectivity index (χ2n) is 13.1. The van der Waals surface area contributed by atoms with Crippen molar-refractivity contribution >= 4 is 45.0 Å². The van der Waals surface area contributed by atoms with E-state index in [1.807, 2.05) is 45.9 Å². The van der Waals surface area contributed by atoms with Gasteiger partial charge in [-0.1, -0.05) is 63.9 Å². The SMILES string of the molecule is CC/C=C/C(CS(=O)C(C)C)C1CCC1CN1CC(c2ccc(Cl)cc2CCC)COc2ccc(C(=O)NS(=O)C(C)C)cc21. The number of nitrogens with one attached hydrogen (secondary N) is 1. The highest BCUT2D eigenvalue weighted by Gasteiger charge is 2.39. The maximum absolute atomic E-state index is 13.1. The lowest BCUT2D eigenvalue weighted by molar-refractivity contribution is 0.0982. The van der Waals surface area contributed by atoms with Gasteiger partial charge in [0.25, 0.3) is 5.91 Å². The largest absolute Gasteiger partial charge is 0.491 e. The van der Waals surface area contributed by atoms with Gasteiger partial charge in [0.15, 0.2) is 0 Å². The molecule has 0 bridgehead atoms. The molecule has 2 aromatic rings. The molecule has 1 heterocycles. The van der Waals surface area contributed by atoms with Gasteiger partial charge in [0.05, 0.1) is 12.3 Å². The van der Waals surface area contributed by atoms with Crippen LogP contribution in [0.4, 0.5) is 5.69 Å². The minimum atomic E-state index is -1.46. The lowest BCUT2D eigenvalue weighted by Gasteiger charge is -2.44. The number of nitrogens with zero attached hydrogens (tertiary/aromatic N) is 1. The molecule has 1 saturated carbocycles. The highest BCUT2D eigenvalue weighted by molar-refractivity contribution is 7.85. The number of hydrogen-bond acceptors (Lipinski definition) is 5. The van der Waals surface area contributed by atoms with Crippen LogP contribution in [0.2, 0.25) is 5.02 Å². The van der Waals surface area contributed by atoms with Crippen LogP contribution in [0, 0.1) is 17.8 Å². The number of rotatable bonds is 14. The fourth-order valence-corrected chi connectivity index (χ4v) is 8.26. The maximum Gasteiger partial charge on any atom is 0.263 e. The zero-order chi connectivity index (χ0) is 32.7. The number of benzene rings is 2. The Morgan fingerprint density at radius 3 is 2.51 bits per heavy atom. The molecule has 45 heavy (non-hydrogen) atoms. The van der Waals surface area contributed by atoms with Gasteiger partial charge in [0, 0.05) is 56.6 Å². The van der Waals surface area contributed by atoms with Gasteiger partial charge in [-0.3, -0.25) is 13.7 Å². The van der Waals surface area contributed by atoms with Crippen molar-refractivity contribution in [2.24, 2.45) is 17.8 Å². The minimum Gasteiger partial charge on any atom is -0.491 e. The fraction of sp³-hybridized carbons (Fsp3) is 0.583. The van der Waals surface area contributed by atoms with E-state index in [2.05, 4.69) is 47.8 Å². The summed E-state index contributed by atoms with van der Waals surface area (Å²) in [5.74, 6) is 2.37. The highest BCUT2D eigenvalue weighted by atomic mass is 35.5. The van der Waals surface area contributed by atoms with E-state index in [4.69, 9.17) is 16.3 Å². The number of aryl methyl sites for hydroxylation is 1. The number of anilines is 1. The van der Waals surface area contributed by atoms with Crippen molar-refractivity contribution in [3.05, 3.63) is 70.3 Å². The predicted molar refractivity (Wildman–Crippen MR) is 190 cm³/mol. The molecule has 1 N–H and O–H groups in total. The van der Waals surface area contributed by atoms with Crippen LogP contribution in [0.5, 0.6) is 5.75 Å². The number of halogens is 1. The molecule has 1 amide bonds. The van der Waals surface area contributed by atoms with E-state index < -0.39 is 21.8 Å². The molecule has 6 unspecified atom stereocenters. The van der Waals surface area contributed by atoms with Crippen molar-refractivity contribution in [3.8, 4) is 5.75 Å². The molecule has 0 aromatic heterocycles. The number of carbonyl (C=O) groups excluding carboxylic acids is 1. The molecule has 1 fully saturated rings. The number of hydrogen-bond donors (Lipinski definition) is 1. The molecule has 0 spiro atoms. The first-order chi connectivity index (χ1) is 21.5. The Bertz CT molecular complexity index is 1400. The summed E-state index contributed by atoms with van der Waals surface area (Å²) in [4.78, 5) is 15.6. The molecule has 2 aromatic carbocycles. The van der Waals surface area contributed by atoms with Gasteiger partial charge < -0.3 is 9.64 Å². The van der Waals surface area contributed by atoms with Crippen LogP contribution in [0.15, 0.2) is 48.6 Å². The molecule has 1 aliphatic carbocycles. The monoisotopic (exact) mass is 674 g/mol. The second-order valence-corrected chi connectivity index (χ2v) is 17.3. The zero-order valence-electron chi connectivity index (χ0n) is 27.7.